The van der Waals surface area contributed by atoms with Crippen LogP contribution in [0.4, 0.5) is 0 Å². The molecule has 4 heteroatoms. The van der Waals surface area contributed by atoms with Gasteiger partial charge in [-0.05, 0) is 71.8 Å². The third kappa shape index (κ3) is 4.11. The van der Waals surface area contributed by atoms with Crippen LogP contribution in [0.2, 0.25) is 0 Å². The standard InChI is InChI=1S/C47H30N4/c1-2-14-31(15-3-1)32-16-12-17-33(28-32)49-40-22-8-6-20-36(40)38-29-39-37-21-7-11-25-43(37)51(45(39)30-44(38)49)47-27-13-26-46(48-47)50-41-23-9-4-18-34(41)35-19-5-10-24-42(35)50/h1-30H. The summed E-state index contributed by atoms with van der Waals surface area (Å²) in [7, 11) is 0. The van der Waals surface area contributed by atoms with Crippen LogP contribution in [0.25, 0.3) is 93.9 Å². The van der Waals surface area contributed by atoms with Gasteiger partial charge in [0.15, 0.2) is 0 Å². The highest BCUT2D eigenvalue weighted by atomic mass is 15.1. The number of rotatable bonds is 4. The molecule has 0 spiro atoms. The van der Waals surface area contributed by atoms with Gasteiger partial charge in [-0.2, -0.15) is 0 Å². The molecule has 0 bridgehead atoms. The van der Waals surface area contributed by atoms with E-state index in [2.05, 4.69) is 196 Å². The molecule has 0 fully saturated rings. The summed E-state index contributed by atoms with van der Waals surface area (Å²) < 4.78 is 7.04. The lowest BCUT2D eigenvalue weighted by atomic mass is 10.1. The molecule has 0 saturated heterocycles. The van der Waals surface area contributed by atoms with E-state index in [4.69, 9.17) is 4.98 Å². The average molecular weight is 651 g/mol. The molecule has 0 atom stereocenters. The SMILES string of the molecule is c1ccc(-c2cccc(-n3c4ccccc4c4cc5c6ccccc6n(-c6cccc(-n7c8ccccc8c8ccccc87)n6)c5cc43)c2)cc1. The lowest BCUT2D eigenvalue weighted by Gasteiger charge is -2.12. The number of benzene rings is 7. The van der Waals surface area contributed by atoms with Gasteiger partial charge < -0.3 is 4.57 Å². The molecule has 0 saturated carbocycles. The van der Waals surface area contributed by atoms with Crippen LogP contribution in [0.5, 0.6) is 0 Å². The molecule has 0 aliphatic heterocycles. The van der Waals surface area contributed by atoms with Crippen LogP contribution in [0.1, 0.15) is 0 Å². The van der Waals surface area contributed by atoms with E-state index in [-0.39, 0.29) is 0 Å². The van der Waals surface area contributed by atoms with Crippen molar-refractivity contribution < 1.29 is 0 Å². The van der Waals surface area contributed by atoms with Gasteiger partial charge in [0, 0.05) is 38.0 Å². The normalized spacial score (nSPS) is 11.9. The highest BCUT2D eigenvalue weighted by Crippen LogP contribution is 2.40. The fourth-order valence-electron chi connectivity index (χ4n) is 8.24. The first-order valence-electron chi connectivity index (χ1n) is 17.4. The lowest BCUT2D eigenvalue weighted by molar-refractivity contribution is 1.01. The van der Waals surface area contributed by atoms with Crippen molar-refractivity contribution in [2.24, 2.45) is 0 Å². The Labute approximate surface area is 293 Å². The van der Waals surface area contributed by atoms with Gasteiger partial charge in [0.1, 0.15) is 11.6 Å². The molecule has 0 unspecified atom stereocenters. The molecule has 51 heavy (non-hydrogen) atoms. The fourth-order valence-corrected chi connectivity index (χ4v) is 8.24. The first-order chi connectivity index (χ1) is 25.3. The van der Waals surface area contributed by atoms with Crippen LogP contribution in [0.15, 0.2) is 182 Å². The zero-order valence-electron chi connectivity index (χ0n) is 27.6. The first-order valence-corrected chi connectivity index (χ1v) is 17.4. The van der Waals surface area contributed by atoms with Gasteiger partial charge >= 0.3 is 0 Å². The van der Waals surface area contributed by atoms with Crippen LogP contribution >= 0.6 is 0 Å². The monoisotopic (exact) mass is 650 g/mol. The first kappa shape index (κ1) is 28.0. The Morgan fingerprint density at radius 2 is 0.706 bits per heavy atom. The highest BCUT2D eigenvalue weighted by molar-refractivity contribution is 6.19. The zero-order valence-corrected chi connectivity index (χ0v) is 27.6. The number of para-hydroxylation sites is 4. The molecular weight excluding hydrogens is 621 g/mol. The van der Waals surface area contributed by atoms with Gasteiger partial charge in [0.05, 0.1) is 33.1 Å². The predicted molar refractivity (Wildman–Crippen MR) is 213 cm³/mol. The maximum atomic E-state index is 5.43. The Bertz CT molecular complexity index is 3090. The molecule has 0 amide bonds. The number of nitrogens with zero attached hydrogens (tertiary/aromatic N) is 4. The quantitative estimate of drug-likeness (QED) is 0.186. The van der Waals surface area contributed by atoms with Gasteiger partial charge in [0.2, 0.25) is 0 Å². The molecular formula is C47H30N4. The van der Waals surface area contributed by atoms with Crippen LogP contribution in [-0.2, 0) is 0 Å². The Kier molecular flexibility index (Phi) is 5.92. The molecule has 4 aromatic heterocycles. The minimum absolute atomic E-state index is 0.883. The Hall–Kier alpha value is -6.91. The van der Waals surface area contributed by atoms with Crippen LogP contribution < -0.4 is 0 Å². The average Bonchev–Trinajstić information content (AvgIpc) is 3.83. The van der Waals surface area contributed by atoms with Crippen molar-refractivity contribution in [1.29, 1.82) is 0 Å². The molecule has 238 valence electrons. The third-order valence-corrected chi connectivity index (χ3v) is 10.4. The molecule has 11 rings (SSSR count). The predicted octanol–water partition coefficient (Wildman–Crippen LogP) is 12.0. The van der Waals surface area contributed by atoms with Crippen molar-refractivity contribution in [1.82, 2.24) is 18.7 Å². The molecule has 11 aromatic rings. The van der Waals surface area contributed by atoms with Gasteiger partial charge in [-0.1, -0.05) is 121 Å². The topological polar surface area (TPSA) is 27.7 Å². The molecule has 0 aliphatic rings. The largest absolute Gasteiger partial charge is 0.309 e. The van der Waals surface area contributed by atoms with E-state index in [0.717, 1.165) is 44.9 Å². The molecule has 0 aliphatic carbocycles. The Balaban J connectivity index is 1.20. The zero-order chi connectivity index (χ0) is 33.5. The second kappa shape index (κ2) is 10.8. The van der Waals surface area contributed by atoms with Crippen molar-refractivity contribution >= 4 is 65.4 Å². The number of hydrogen-bond donors (Lipinski definition) is 0. The van der Waals surface area contributed by atoms with E-state index >= 15 is 0 Å². The van der Waals surface area contributed by atoms with Gasteiger partial charge in [-0.3, -0.25) is 9.13 Å². The second-order valence-electron chi connectivity index (χ2n) is 13.2. The number of aromatic nitrogens is 4. The number of hydrogen-bond acceptors (Lipinski definition) is 1. The summed E-state index contributed by atoms with van der Waals surface area (Å²) in [6.07, 6.45) is 0. The summed E-state index contributed by atoms with van der Waals surface area (Å²) in [6, 6.07) is 65.3. The summed E-state index contributed by atoms with van der Waals surface area (Å²) in [5, 5.41) is 7.35. The van der Waals surface area contributed by atoms with E-state index in [9.17, 15) is 0 Å². The summed E-state index contributed by atoms with van der Waals surface area (Å²) in [5.74, 6) is 1.78. The molecule has 4 heterocycles. The molecule has 0 N–H and O–H groups in total. The van der Waals surface area contributed by atoms with Crippen molar-refractivity contribution in [2.75, 3.05) is 0 Å². The fraction of sp³-hybridized carbons (Fsp3) is 0. The Morgan fingerprint density at radius 1 is 0.275 bits per heavy atom. The van der Waals surface area contributed by atoms with Crippen LogP contribution in [-0.4, -0.2) is 18.7 Å². The molecule has 0 radical (unpaired) electrons. The lowest BCUT2D eigenvalue weighted by Crippen LogP contribution is -2.03. The van der Waals surface area contributed by atoms with E-state index in [1.165, 1.54) is 49.0 Å². The number of pyridine rings is 1. The minimum Gasteiger partial charge on any atom is -0.309 e. The molecule has 4 nitrogen and oxygen atoms in total. The Morgan fingerprint density at radius 3 is 1.29 bits per heavy atom. The van der Waals surface area contributed by atoms with Crippen molar-refractivity contribution in [2.45, 2.75) is 0 Å². The van der Waals surface area contributed by atoms with E-state index < -0.39 is 0 Å². The van der Waals surface area contributed by atoms with Crippen molar-refractivity contribution in [3.05, 3.63) is 182 Å². The maximum Gasteiger partial charge on any atom is 0.140 e. The molecule has 7 aromatic carbocycles. The van der Waals surface area contributed by atoms with E-state index in [0.29, 0.717) is 0 Å². The van der Waals surface area contributed by atoms with Gasteiger partial charge in [0.25, 0.3) is 0 Å². The maximum absolute atomic E-state index is 5.43. The van der Waals surface area contributed by atoms with Crippen molar-refractivity contribution in [3.8, 4) is 28.5 Å². The third-order valence-electron chi connectivity index (χ3n) is 10.4. The highest BCUT2D eigenvalue weighted by Gasteiger charge is 2.20. The van der Waals surface area contributed by atoms with Crippen molar-refractivity contribution in [3.63, 3.8) is 0 Å². The summed E-state index contributed by atoms with van der Waals surface area (Å²) >= 11 is 0. The van der Waals surface area contributed by atoms with E-state index in [1.54, 1.807) is 0 Å². The van der Waals surface area contributed by atoms with Crippen LogP contribution in [0.3, 0.4) is 0 Å². The van der Waals surface area contributed by atoms with Gasteiger partial charge in [-0.15, -0.1) is 0 Å². The van der Waals surface area contributed by atoms with E-state index in [1.807, 2.05) is 0 Å². The smallest absolute Gasteiger partial charge is 0.140 e. The summed E-state index contributed by atoms with van der Waals surface area (Å²) in [6.45, 7) is 0. The minimum atomic E-state index is 0.883. The summed E-state index contributed by atoms with van der Waals surface area (Å²) in [5.41, 5.74) is 10.4. The van der Waals surface area contributed by atoms with Crippen LogP contribution in [0, 0.1) is 0 Å². The summed E-state index contributed by atoms with van der Waals surface area (Å²) in [4.78, 5) is 5.43. The van der Waals surface area contributed by atoms with Gasteiger partial charge in [-0.25, -0.2) is 4.98 Å². The number of fused-ring (bicyclic) bond motifs is 9. The second-order valence-corrected chi connectivity index (χ2v) is 13.2.